The Bertz CT molecular complexity index is 274. The summed E-state index contributed by atoms with van der Waals surface area (Å²) in [5.41, 5.74) is 0. The Hall–Kier alpha value is -0.900. The van der Waals surface area contributed by atoms with E-state index in [1.807, 2.05) is 0 Å². The van der Waals surface area contributed by atoms with Gasteiger partial charge in [0.1, 0.15) is 0 Å². The molecule has 1 nitrogen and oxygen atoms in total. The summed E-state index contributed by atoms with van der Waals surface area (Å²) in [7, 11) is 0. The summed E-state index contributed by atoms with van der Waals surface area (Å²) in [6, 6.07) is 0.593. The van der Waals surface area contributed by atoms with Crippen LogP contribution in [0.2, 0.25) is 5.02 Å². The number of phenols is 1. The summed E-state index contributed by atoms with van der Waals surface area (Å²) in [6.07, 6.45) is 0. The average Bonchev–Trinajstić information content (AvgIpc) is 1.97. The molecule has 0 heterocycles. The molecule has 0 bridgehead atoms. The zero-order valence-electron chi connectivity index (χ0n) is 5.04. The van der Waals surface area contributed by atoms with Crippen molar-refractivity contribution < 1.29 is 18.3 Å². The number of aromatic hydroxyl groups is 1. The van der Waals surface area contributed by atoms with Crippen molar-refractivity contribution in [2.24, 2.45) is 0 Å². The summed E-state index contributed by atoms with van der Waals surface area (Å²) in [6.45, 7) is 0. The Balaban J connectivity index is 3.46. The summed E-state index contributed by atoms with van der Waals surface area (Å²) < 4.78 is 36.8. The largest absolute Gasteiger partial charge is 0.505 e. The molecule has 0 saturated heterocycles. The number of rotatable bonds is 0. The van der Waals surface area contributed by atoms with Gasteiger partial charge in [-0.15, -0.1) is 0 Å². The lowest BCUT2D eigenvalue weighted by Gasteiger charge is -1.99. The maximum atomic E-state index is 12.3. The fourth-order valence-electron chi connectivity index (χ4n) is 0.560. The molecule has 1 N–H and O–H groups in total. The van der Waals surface area contributed by atoms with Crippen molar-refractivity contribution in [1.29, 1.82) is 0 Å². The molecule has 0 aliphatic carbocycles. The van der Waals surface area contributed by atoms with Crippen molar-refractivity contribution in [2.45, 2.75) is 0 Å². The van der Waals surface area contributed by atoms with E-state index in [0.717, 1.165) is 0 Å². The van der Waals surface area contributed by atoms with Gasteiger partial charge >= 0.3 is 0 Å². The van der Waals surface area contributed by atoms with Gasteiger partial charge in [-0.25, -0.2) is 8.78 Å². The van der Waals surface area contributed by atoms with Crippen molar-refractivity contribution in [3.05, 3.63) is 28.5 Å². The first kappa shape index (κ1) is 8.20. The molecule has 0 radical (unpaired) electrons. The lowest BCUT2D eigenvalue weighted by molar-refractivity contribution is 0.387. The van der Waals surface area contributed by atoms with E-state index in [2.05, 4.69) is 0 Å². The summed E-state index contributed by atoms with van der Waals surface area (Å²) in [5.74, 6) is -5.90. The Kier molecular flexibility index (Phi) is 1.95. The van der Waals surface area contributed by atoms with E-state index in [-0.39, 0.29) is 0 Å². The molecule has 11 heavy (non-hydrogen) atoms. The minimum atomic E-state index is -1.77. The van der Waals surface area contributed by atoms with E-state index >= 15 is 0 Å². The lowest BCUT2D eigenvalue weighted by atomic mass is 10.3. The quantitative estimate of drug-likeness (QED) is 0.483. The van der Waals surface area contributed by atoms with Crippen molar-refractivity contribution in [1.82, 2.24) is 0 Å². The van der Waals surface area contributed by atoms with Gasteiger partial charge in [0.15, 0.2) is 17.4 Å². The number of hydrogen-bond acceptors (Lipinski definition) is 1. The second kappa shape index (κ2) is 2.62. The van der Waals surface area contributed by atoms with E-state index < -0.39 is 28.2 Å². The minimum absolute atomic E-state index is 0.593. The van der Waals surface area contributed by atoms with Crippen LogP contribution in [0.25, 0.3) is 0 Å². The van der Waals surface area contributed by atoms with E-state index in [9.17, 15) is 13.2 Å². The molecule has 0 spiro atoms. The molecule has 0 aliphatic rings. The van der Waals surface area contributed by atoms with Gasteiger partial charge in [0, 0.05) is 6.07 Å². The Morgan fingerprint density at radius 2 is 1.64 bits per heavy atom. The van der Waals surface area contributed by atoms with Crippen LogP contribution in [0.1, 0.15) is 0 Å². The van der Waals surface area contributed by atoms with Gasteiger partial charge < -0.3 is 5.11 Å². The number of hydrogen-bond donors (Lipinski definition) is 1. The molecule has 1 rings (SSSR count). The first-order valence-electron chi connectivity index (χ1n) is 2.56. The van der Waals surface area contributed by atoms with Crippen molar-refractivity contribution in [3.63, 3.8) is 0 Å². The fourth-order valence-corrected chi connectivity index (χ4v) is 0.747. The van der Waals surface area contributed by atoms with Crippen molar-refractivity contribution in [3.8, 4) is 5.75 Å². The highest BCUT2D eigenvalue weighted by atomic mass is 35.5. The summed E-state index contributed by atoms with van der Waals surface area (Å²) in [4.78, 5) is 0. The van der Waals surface area contributed by atoms with Gasteiger partial charge in [-0.05, 0) is 0 Å². The van der Waals surface area contributed by atoms with Crippen LogP contribution in [-0.2, 0) is 0 Å². The molecule has 0 amide bonds. The molecule has 5 heteroatoms. The maximum Gasteiger partial charge on any atom is 0.203 e. The molecule has 0 unspecified atom stereocenters. The predicted octanol–water partition coefficient (Wildman–Crippen LogP) is 2.46. The van der Waals surface area contributed by atoms with Crippen molar-refractivity contribution >= 4 is 11.6 Å². The number of benzene rings is 1. The monoisotopic (exact) mass is 182 g/mol. The number of phenolic OH excluding ortho intramolecular Hbond substituents is 1. The van der Waals surface area contributed by atoms with Crippen LogP contribution in [0.5, 0.6) is 5.75 Å². The molecule has 0 aliphatic heterocycles. The molecule has 0 atom stereocenters. The van der Waals surface area contributed by atoms with Crippen LogP contribution in [0, 0.1) is 17.5 Å². The molecule has 0 saturated carbocycles. The van der Waals surface area contributed by atoms with E-state index in [1.54, 1.807) is 0 Å². The smallest absolute Gasteiger partial charge is 0.203 e. The van der Waals surface area contributed by atoms with Crippen LogP contribution in [0.15, 0.2) is 6.07 Å². The SMILES string of the molecule is Oc1cc(Cl)c(F)c(F)c1F. The maximum absolute atomic E-state index is 12.3. The second-order valence-corrected chi connectivity index (χ2v) is 2.23. The third kappa shape index (κ3) is 1.26. The van der Waals surface area contributed by atoms with Crippen LogP contribution < -0.4 is 0 Å². The van der Waals surface area contributed by atoms with Gasteiger partial charge in [0.2, 0.25) is 5.82 Å². The molecule has 1 aromatic rings. The molecule has 0 aromatic heterocycles. The number of halogens is 4. The fraction of sp³-hybridized carbons (Fsp3) is 0. The zero-order chi connectivity index (χ0) is 8.59. The summed E-state index contributed by atoms with van der Waals surface area (Å²) in [5, 5.41) is 7.89. The Morgan fingerprint density at radius 1 is 1.09 bits per heavy atom. The Labute approximate surface area is 65.0 Å². The van der Waals surface area contributed by atoms with Gasteiger partial charge in [-0.2, -0.15) is 4.39 Å². The van der Waals surface area contributed by atoms with Crippen LogP contribution >= 0.6 is 11.6 Å². The van der Waals surface area contributed by atoms with Gasteiger partial charge in [-0.1, -0.05) is 11.6 Å². The lowest BCUT2D eigenvalue weighted by Crippen LogP contribution is -1.91. The third-order valence-electron chi connectivity index (χ3n) is 1.08. The van der Waals surface area contributed by atoms with Gasteiger partial charge in [-0.3, -0.25) is 0 Å². The predicted molar refractivity (Wildman–Crippen MR) is 33.0 cm³/mol. The second-order valence-electron chi connectivity index (χ2n) is 1.82. The zero-order valence-corrected chi connectivity index (χ0v) is 5.79. The highest BCUT2D eigenvalue weighted by Crippen LogP contribution is 2.26. The van der Waals surface area contributed by atoms with Crippen LogP contribution in [0.3, 0.4) is 0 Å². The summed E-state index contributed by atoms with van der Waals surface area (Å²) >= 11 is 5.05. The van der Waals surface area contributed by atoms with Crippen LogP contribution in [0.4, 0.5) is 13.2 Å². The van der Waals surface area contributed by atoms with E-state index in [0.29, 0.717) is 6.07 Å². The average molecular weight is 183 g/mol. The normalized spacial score (nSPS) is 10.2. The first-order chi connectivity index (χ1) is 5.04. The molecular weight excluding hydrogens is 181 g/mol. The third-order valence-corrected chi connectivity index (χ3v) is 1.36. The topological polar surface area (TPSA) is 20.2 Å². The Morgan fingerprint density at radius 3 is 2.18 bits per heavy atom. The van der Waals surface area contributed by atoms with Gasteiger partial charge in [0.05, 0.1) is 5.02 Å². The van der Waals surface area contributed by atoms with E-state index in [1.165, 1.54) is 0 Å². The molecule has 0 fully saturated rings. The highest BCUT2D eigenvalue weighted by Gasteiger charge is 2.16. The molecule has 60 valence electrons. The highest BCUT2D eigenvalue weighted by molar-refractivity contribution is 6.30. The first-order valence-corrected chi connectivity index (χ1v) is 2.93. The molecule has 1 aromatic carbocycles. The molecular formula is C6H2ClF3O. The van der Waals surface area contributed by atoms with E-state index in [4.69, 9.17) is 16.7 Å². The van der Waals surface area contributed by atoms with Crippen molar-refractivity contribution in [2.75, 3.05) is 0 Å². The van der Waals surface area contributed by atoms with Gasteiger partial charge in [0.25, 0.3) is 0 Å². The van der Waals surface area contributed by atoms with Crippen LogP contribution in [-0.4, -0.2) is 5.11 Å². The standard InChI is InChI=1S/C6H2ClF3O/c7-2-1-3(11)5(9)6(10)4(2)8/h1,11H. The minimum Gasteiger partial charge on any atom is -0.505 e.